The molecule has 8 heteroatoms. The van der Waals surface area contributed by atoms with Crippen LogP contribution in [-0.2, 0) is 17.1 Å². The number of hydrogen-bond acceptors (Lipinski definition) is 5. The molecule has 1 aromatic heterocycles. The van der Waals surface area contributed by atoms with E-state index in [1.165, 1.54) is 28.0 Å². The van der Waals surface area contributed by atoms with Crippen LogP contribution in [-0.4, -0.2) is 60.1 Å². The van der Waals surface area contributed by atoms with Crippen LogP contribution < -0.4 is 5.73 Å². The molecule has 1 saturated heterocycles. The van der Waals surface area contributed by atoms with Gasteiger partial charge in [-0.05, 0) is 18.8 Å². The maximum atomic E-state index is 12.5. The lowest BCUT2D eigenvalue weighted by Gasteiger charge is -2.33. The van der Waals surface area contributed by atoms with Gasteiger partial charge in [-0.2, -0.15) is 9.40 Å². The lowest BCUT2D eigenvalue weighted by atomic mass is 10.3. The zero-order valence-corrected chi connectivity index (χ0v) is 12.5. The molecule has 0 unspecified atom stereocenters. The van der Waals surface area contributed by atoms with Crippen molar-refractivity contribution in [3.05, 3.63) is 6.20 Å². The Kier molecular flexibility index (Phi) is 3.47. The number of nitrogens with two attached hydrogens (primary N) is 1. The number of aromatic nitrogens is 2. The van der Waals surface area contributed by atoms with E-state index in [1.807, 2.05) is 0 Å². The van der Waals surface area contributed by atoms with E-state index in [1.54, 1.807) is 7.05 Å². The zero-order valence-electron chi connectivity index (χ0n) is 11.7. The maximum Gasteiger partial charge on any atom is 0.248 e. The summed E-state index contributed by atoms with van der Waals surface area (Å²) in [6.07, 6.45) is 4.12. The maximum absolute atomic E-state index is 12.5. The number of rotatable bonds is 4. The van der Waals surface area contributed by atoms with Gasteiger partial charge in [-0.1, -0.05) is 0 Å². The first kappa shape index (κ1) is 13.8. The Morgan fingerprint density at radius 2 is 1.95 bits per heavy atom. The fourth-order valence-corrected chi connectivity index (χ4v) is 4.15. The Morgan fingerprint density at radius 1 is 1.30 bits per heavy atom. The van der Waals surface area contributed by atoms with Crippen LogP contribution in [0.2, 0.25) is 0 Å². The van der Waals surface area contributed by atoms with Crippen molar-refractivity contribution in [1.29, 1.82) is 0 Å². The standard InChI is InChI=1S/C12H21N5O2S/c1-15-9-11(12(13)14-15)20(18,19)17-6-4-16(5-7-17)8-10-2-3-10/h9-10H,2-8H2,1H3,(H2,13,14). The van der Waals surface area contributed by atoms with E-state index in [-0.39, 0.29) is 10.7 Å². The third kappa shape index (κ3) is 2.68. The van der Waals surface area contributed by atoms with Gasteiger partial charge in [0.1, 0.15) is 4.90 Å². The quantitative estimate of drug-likeness (QED) is 0.826. The lowest BCUT2D eigenvalue weighted by Crippen LogP contribution is -2.49. The first-order valence-corrected chi connectivity index (χ1v) is 8.42. The van der Waals surface area contributed by atoms with Crippen LogP contribution in [0.15, 0.2) is 11.1 Å². The summed E-state index contributed by atoms with van der Waals surface area (Å²) in [4.78, 5) is 2.48. The van der Waals surface area contributed by atoms with Gasteiger partial charge in [-0.25, -0.2) is 8.42 Å². The van der Waals surface area contributed by atoms with Crippen LogP contribution in [0.4, 0.5) is 5.82 Å². The molecule has 20 heavy (non-hydrogen) atoms. The molecule has 0 spiro atoms. The van der Waals surface area contributed by atoms with Gasteiger partial charge in [0.2, 0.25) is 10.0 Å². The van der Waals surface area contributed by atoms with Gasteiger partial charge >= 0.3 is 0 Å². The SMILES string of the molecule is Cn1cc(S(=O)(=O)N2CCN(CC3CC3)CC2)c(N)n1. The van der Waals surface area contributed by atoms with Crippen molar-refractivity contribution in [2.75, 3.05) is 38.5 Å². The van der Waals surface area contributed by atoms with Gasteiger partial charge in [0.05, 0.1) is 0 Å². The van der Waals surface area contributed by atoms with Crippen LogP contribution in [0.5, 0.6) is 0 Å². The van der Waals surface area contributed by atoms with E-state index in [2.05, 4.69) is 10.00 Å². The van der Waals surface area contributed by atoms with Gasteiger partial charge in [-0.15, -0.1) is 0 Å². The number of nitrogen functional groups attached to an aromatic ring is 1. The number of piperazine rings is 1. The molecule has 1 aliphatic heterocycles. The second-order valence-electron chi connectivity index (χ2n) is 5.70. The molecular formula is C12H21N5O2S. The average molecular weight is 299 g/mol. The fourth-order valence-electron chi connectivity index (χ4n) is 2.64. The molecule has 2 aliphatic rings. The van der Waals surface area contributed by atoms with E-state index < -0.39 is 10.0 Å². The van der Waals surface area contributed by atoms with Gasteiger partial charge in [0.25, 0.3) is 0 Å². The van der Waals surface area contributed by atoms with E-state index in [4.69, 9.17) is 5.73 Å². The normalized spacial score (nSPS) is 22.2. The van der Waals surface area contributed by atoms with Crippen molar-refractivity contribution in [1.82, 2.24) is 19.0 Å². The number of aryl methyl sites for hydroxylation is 1. The highest BCUT2D eigenvalue weighted by Gasteiger charge is 2.33. The Morgan fingerprint density at radius 3 is 2.45 bits per heavy atom. The third-order valence-electron chi connectivity index (χ3n) is 3.98. The minimum atomic E-state index is -3.51. The molecule has 2 heterocycles. The average Bonchev–Trinajstić information content (AvgIpc) is 3.13. The van der Waals surface area contributed by atoms with Crippen LogP contribution in [0.3, 0.4) is 0 Å². The predicted octanol–water partition coefficient (Wildman–Crippen LogP) is -0.281. The summed E-state index contributed by atoms with van der Waals surface area (Å²) in [6.45, 7) is 3.78. The number of nitrogens with zero attached hydrogens (tertiary/aromatic N) is 4. The minimum absolute atomic E-state index is 0.0768. The zero-order chi connectivity index (χ0) is 14.3. The highest BCUT2D eigenvalue weighted by molar-refractivity contribution is 7.89. The van der Waals surface area contributed by atoms with E-state index >= 15 is 0 Å². The van der Waals surface area contributed by atoms with Gasteiger partial charge in [-0.3, -0.25) is 4.68 Å². The summed E-state index contributed by atoms with van der Waals surface area (Å²) in [5.41, 5.74) is 5.69. The fraction of sp³-hybridized carbons (Fsp3) is 0.750. The molecule has 1 aliphatic carbocycles. The van der Waals surface area contributed by atoms with Crippen molar-refractivity contribution in [2.45, 2.75) is 17.7 Å². The number of anilines is 1. The van der Waals surface area contributed by atoms with Crippen LogP contribution in [0.25, 0.3) is 0 Å². The summed E-state index contributed by atoms with van der Waals surface area (Å²) in [5, 5.41) is 3.91. The second kappa shape index (κ2) is 5.01. The van der Waals surface area contributed by atoms with Crippen LogP contribution >= 0.6 is 0 Å². The largest absolute Gasteiger partial charge is 0.381 e. The predicted molar refractivity (Wildman–Crippen MR) is 75.5 cm³/mol. The summed E-state index contributed by atoms with van der Waals surface area (Å²) < 4.78 is 28.0. The first-order chi connectivity index (χ1) is 9.46. The summed E-state index contributed by atoms with van der Waals surface area (Å²) in [7, 11) is -1.84. The van der Waals surface area contributed by atoms with Crippen molar-refractivity contribution >= 4 is 15.8 Å². The molecule has 0 bridgehead atoms. The molecule has 0 radical (unpaired) electrons. The van der Waals surface area contributed by atoms with Gasteiger partial charge in [0.15, 0.2) is 5.82 Å². The highest BCUT2D eigenvalue weighted by atomic mass is 32.2. The van der Waals surface area contributed by atoms with Gasteiger partial charge in [0, 0.05) is 46.0 Å². The second-order valence-corrected chi connectivity index (χ2v) is 7.61. The van der Waals surface area contributed by atoms with Crippen molar-refractivity contribution < 1.29 is 8.42 Å². The Balaban J connectivity index is 1.68. The van der Waals surface area contributed by atoms with E-state index in [9.17, 15) is 8.42 Å². The van der Waals surface area contributed by atoms with Crippen molar-refractivity contribution in [3.8, 4) is 0 Å². The monoisotopic (exact) mass is 299 g/mol. The summed E-state index contributed by atoms with van der Waals surface area (Å²) in [6, 6.07) is 0. The first-order valence-electron chi connectivity index (χ1n) is 6.98. The molecule has 0 amide bonds. The van der Waals surface area contributed by atoms with Gasteiger partial charge < -0.3 is 10.6 Å². The topological polar surface area (TPSA) is 84.5 Å². The molecule has 3 rings (SSSR count). The molecule has 2 fully saturated rings. The molecule has 2 N–H and O–H groups in total. The Bertz CT molecular complexity index is 585. The molecule has 0 atom stereocenters. The van der Waals surface area contributed by atoms with Crippen LogP contribution in [0, 0.1) is 5.92 Å². The molecule has 7 nitrogen and oxygen atoms in total. The highest BCUT2D eigenvalue weighted by Crippen LogP contribution is 2.30. The van der Waals surface area contributed by atoms with Crippen molar-refractivity contribution in [3.63, 3.8) is 0 Å². The number of hydrogen-bond donors (Lipinski definition) is 1. The molecule has 1 saturated carbocycles. The third-order valence-corrected chi connectivity index (χ3v) is 5.90. The Hall–Kier alpha value is -1.12. The van der Waals surface area contributed by atoms with Crippen LogP contribution in [0.1, 0.15) is 12.8 Å². The van der Waals surface area contributed by atoms with E-state index in [0.29, 0.717) is 13.1 Å². The summed E-state index contributed by atoms with van der Waals surface area (Å²) >= 11 is 0. The van der Waals surface area contributed by atoms with E-state index in [0.717, 1.165) is 25.6 Å². The lowest BCUT2D eigenvalue weighted by molar-refractivity contribution is 0.182. The molecule has 0 aromatic carbocycles. The van der Waals surface area contributed by atoms with Crippen molar-refractivity contribution in [2.24, 2.45) is 13.0 Å². The molecular weight excluding hydrogens is 278 g/mol. The molecule has 112 valence electrons. The minimum Gasteiger partial charge on any atom is -0.381 e. The Labute approximate surface area is 119 Å². The molecule has 1 aromatic rings. The number of sulfonamides is 1. The summed E-state index contributed by atoms with van der Waals surface area (Å²) in [5.74, 6) is 0.917. The smallest absolute Gasteiger partial charge is 0.248 e.